The van der Waals surface area contributed by atoms with Crippen molar-refractivity contribution in [2.45, 2.75) is 20.3 Å². The lowest BCUT2D eigenvalue weighted by molar-refractivity contribution is 1.11. The molecule has 0 N–H and O–H groups in total. The van der Waals surface area contributed by atoms with Crippen LogP contribution >= 0.6 is 0 Å². The van der Waals surface area contributed by atoms with Gasteiger partial charge in [-0.05, 0) is 24.5 Å². The van der Waals surface area contributed by atoms with Crippen molar-refractivity contribution in [3.8, 4) is 0 Å². The molecule has 0 unspecified atom stereocenters. The average Bonchev–Trinajstić information content (AvgIpc) is 2.35. The van der Waals surface area contributed by atoms with E-state index in [0.717, 1.165) is 21.0 Å². The van der Waals surface area contributed by atoms with Crippen LogP contribution in [0.5, 0.6) is 0 Å². The molecule has 1 aliphatic heterocycles. The van der Waals surface area contributed by atoms with E-state index >= 15 is 0 Å². The first-order valence-electron chi connectivity index (χ1n) is 6.46. The molecular weight excluding hydrogens is 202 g/mol. The molecule has 0 radical (unpaired) electrons. The predicted octanol–water partition coefficient (Wildman–Crippen LogP) is -0.355. The van der Waals surface area contributed by atoms with Crippen LogP contribution < -0.4 is 21.9 Å². The summed E-state index contributed by atoms with van der Waals surface area (Å²) in [7, 11) is 2.22. The lowest BCUT2D eigenvalue weighted by Gasteiger charge is -2.20. The summed E-state index contributed by atoms with van der Waals surface area (Å²) in [6, 6.07) is 13.6. The van der Waals surface area contributed by atoms with Gasteiger partial charge in [0.2, 0.25) is 0 Å². The number of hydrogen-bond acceptors (Lipinski definition) is 0. The number of aryl methyl sites for hydroxylation is 2. The van der Waals surface area contributed by atoms with Gasteiger partial charge in [0.1, 0.15) is 0 Å². The fraction of sp³-hybridized carbons (Fsp3) is 0.200. The molecule has 1 aliphatic rings. The molecule has 3 rings (SSSR count). The molecular formula is C15H16B2. The van der Waals surface area contributed by atoms with E-state index in [-0.39, 0.29) is 0 Å². The van der Waals surface area contributed by atoms with Gasteiger partial charge in [-0.2, -0.15) is 0 Å². The lowest BCUT2D eigenvalue weighted by Crippen LogP contribution is -2.56. The topological polar surface area (TPSA) is 0 Å². The lowest BCUT2D eigenvalue weighted by atomic mass is 9.43. The second-order valence-corrected chi connectivity index (χ2v) is 5.02. The van der Waals surface area contributed by atoms with E-state index in [4.69, 9.17) is 0 Å². The normalized spacial score (nSPS) is 12.1. The Balaban J connectivity index is 2.09. The molecule has 2 aromatic carbocycles. The zero-order valence-electron chi connectivity index (χ0n) is 10.6. The summed E-state index contributed by atoms with van der Waals surface area (Å²) in [6.45, 7) is 4.48. The second kappa shape index (κ2) is 4.10. The number of rotatable bonds is 1. The first-order chi connectivity index (χ1) is 8.28. The van der Waals surface area contributed by atoms with Crippen LogP contribution in [0.1, 0.15) is 18.1 Å². The van der Waals surface area contributed by atoms with Crippen LogP contribution in [0.4, 0.5) is 0 Å². The Morgan fingerprint density at radius 2 is 1.47 bits per heavy atom. The van der Waals surface area contributed by atoms with E-state index in [1.165, 1.54) is 33.0 Å². The summed E-state index contributed by atoms with van der Waals surface area (Å²) in [4.78, 5) is 0. The maximum atomic E-state index is 2.42. The smallest absolute Gasteiger partial charge is 0.0839 e. The fourth-order valence-electron chi connectivity index (χ4n) is 2.89. The van der Waals surface area contributed by atoms with Crippen LogP contribution in [0.2, 0.25) is 0 Å². The Morgan fingerprint density at radius 3 is 2.06 bits per heavy atom. The van der Waals surface area contributed by atoms with E-state index in [1.54, 1.807) is 0 Å². The van der Waals surface area contributed by atoms with Gasteiger partial charge in [-0.25, -0.2) is 0 Å². The van der Waals surface area contributed by atoms with E-state index in [9.17, 15) is 0 Å². The summed E-state index contributed by atoms with van der Waals surface area (Å²) < 4.78 is 0. The van der Waals surface area contributed by atoms with Gasteiger partial charge >= 0.3 is 0 Å². The van der Waals surface area contributed by atoms with Gasteiger partial charge < -0.3 is 0 Å². The fourth-order valence-corrected chi connectivity index (χ4v) is 2.89. The van der Waals surface area contributed by atoms with E-state index in [2.05, 4.69) is 50.2 Å². The highest BCUT2D eigenvalue weighted by molar-refractivity contribution is 6.87. The zero-order chi connectivity index (χ0) is 11.8. The summed E-state index contributed by atoms with van der Waals surface area (Å²) in [6.07, 6.45) is 1.14. The van der Waals surface area contributed by atoms with Gasteiger partial charge in [-0.1, -0.05) is 65.2 Å². The van der Waals surface area contributed by atoms with Crippen molar-refractivity contribution in [1.82, 2.24) is 0 Å². The summed E-state index contributed by atoms with van der Waals surface area (Å²) in [5, 5.41) is 0. The second-order valence-electron chi connectivity index (χ2n) is 5.02. The van der Waals surface area contributed by atoms with Crippen molar-refractivity contribution in [2.75, 3.05) is 0 Å². The summed E-state index contributed by atoms with van der Waals surface area (Å²) in [5.41, 5.74) is 9.02. The molecule has 0 atom stereocenters. The molecule has 0 saturated carbocycles. The molecule has 0 bridgehead atoms. The van der Waals surface area contributed by atoms with Gasteiger partial charge in [-0.15, -0.1) is 0 Å². The van der Waals surface area contributed by atoms with Crippen molar-refractivity contribution in [3.05, 3.63) is 47.5 Å². The van der Waals surface area contributed by atoms with Gasteiger partial charge in [0.05, 0.1) is 0 Å². The van der Waals surface area contributed by atoms with E-state index < -0.39 is 0 Å². The van der Waals surface area contributed by atoms with Crippen molar-refractivity contribution in [1.29, 1.82) is 0 Å². The Kier molecular flexibility index (Phi) is 2.58. The van der Waals surface area contributed by atoms with Gasteiger partial charge in [-0.3, -0.25) is 0 Å². The van der Waals surface area contributed by atoms with Crippen molar-refractivity contribution < 1.29 is 0 Å². The minimum Gasteiger partial charge on any atom is -0.0839 e. The highest BCUT2D eigenvalue weighted by Crippen LogP contribution is 2.05. The Hall–Kier alpha value is -1.43. The number of benzene rings is 2. The number of fused-ring (bicyclic) bond motifs is 2. The highest BCUT2D eigenvalue weighted by atomic mass is 14.0. The SMILES string of the molecule is CCc1cc2c(cc1C)Bc1ccccc1B2. The first-order valence-corrected chi connectivity index (χ1v) is 6.46. The maximum absolute atomic E-state index is 2.42. The Bertz CT molecular complexity index is 573. The molecule has 0 spiro atoms. The molecule has 17 heavy (non-hydrogen) atoms. The van der Waals surface area contributed by atoms with Crippen molar-refractivity contribution >= 4 is 36.4 Å². The Morgan fingerprint density at radius 1 is 0.882 bits per heavy atom. The van der Waals surface area contributed by atoms with Crippen LogP contribution in [0.3, 0.4) is 0 Å². The summed E-state index contributed by atoms with van der Waals surface area (Å²) >= 11 is 0. The largest absolute Gasteiger partial charge is 0.190 e. The molecule has 0 aliphatic carbocycles. The van der Waals surface area contributed by atoms with Crippen LogP contribution in [0.25, 0.3) is 0 Å². The molecule has 0 nitrogen and oxygen atoms in total. The van der Waals surface area contributed by atoms with E-state index in [0.29, 0.717) is 0 Å². The quantitative estimate of drug-likeness (QED) is 0.489. The third-order valence-corrected chi connectivity index (χ3v) is 3.92. The molecule has 0 aromatic heterocycles. The van der Waals surface area contributed by atoms with Crippen LogP contribution in [0.15, 0.2) is 36.4 Å². The van der Waals surface area contributed by atoms with Gasteiger partial charge in [0.25, 0.3) is 0 Å². The van der Waals surface area contributed by atoms with Crippen LogP contribution in [0, 0.1) is 6.92 Å². The van der Waals surface area contributed by atoms with Crippen molar-refractivity contribution in [2.24, 2.45) is 0 Å². The van der Waals surface area contributed by atoms with Crippen LogP contribution in [-0.2, 0) is 6.42 Å². The molecule has 2 heteroatoms. The maximum Gasteiger partial charge on any atom is 0.190 e. The standard InChI is InChI=1S/C15H16B2/c1-3-11-9-15-14(8-10(11)2)16-12-6-4-5-7-13(12)17-15/h4-9,16-17H,3H2,1-2H3. The first kappa shape index (κ1) is 10.7. The third-order valence-electron chi connectivity index (χ3n) is 3.92. The molecule has 82 valence electrons. The molecule has 0 amide bonds. The third kappa shape index (κ3) is 1.82. The molecule has 0 fully saturated rings. The molecule has 1 heterocycles. The predicted molar refractivity (Wildman–Crippen MR) is 79.8 cm³/mol. The van der Waals surface area contributed by atoms with Gasteiger partial charge in [0, 0.05) is 0 Å². The van der Waals surface area contributed by atoms with Gasteiger partial charge in [0.15, 0.2) is 14.6 Å². The minimum absolute atomic E-state index is 1.11. The molecule has 0 saturated heterocycles. The Labute approximate surface area is 105 Å². The van der Waals surface area contributed by atoms with Crippen molar-refractivity contribution in [3.63, 3.8) is 0 Å². The number of hydrogen-bond donors (Lipinski definition) is 0. The average molecular weight is 218 g/mol. The van der Waals surface area contributed by atoms with E-state index in [1.807, 2.05) is 0 Å². The minimum atomic E-state index is 1.11. The summed E-state index contributed by atoms with van der Waals surface area (Å²) in [5.74, 6) is 0. The zero-order valence-corrected chi connectivity index (χ0v) is 10.6. The van der Waals surface area contributed by atoms with Crippen LogP contribution in [-0.4, -0.2) is 14.6 Å². The monoisotopic (exact) mass is 218 g/mol. The highest BCUT2D eigenvalue weighted by Gasteiger charge is 2.17. The molecule has 2 aromatic rings.